The zero-order valence-electron chi connectivity index (χ0n) is 6.73. The van der Waals surface area contributed by atoms with Gasteiger partial charge < -0.3 is 5.32 Å². The lowest BCUT2D eigenvalue weighted by Gasteiger charge is -2.07. The van der Waals surface area contributed by atoms with Gasteiger partial charge in [0.25, 0.3) is 0 Å². The Hall–Kier alpha value is -0.370. The summed E-state index contributed by atoms with van der Waals surface area (Å²) < 4.78 is 0. The second-order valence-electron chi connectivity index (χ2n) is 2.35. The van der Waals surface area contributed by atoms with Gasteiger partial charge in [0, 0.05) is 25.2 Å². The molecule has 0 saturated carbocycles. The third kappa shape index (κ3) is 4.15. The molecule has 0 spiro atoms. The minimum Gasteiger partial charge on any atom is -0.317 e. The van der Waals surface area contributed by atoms with Crippen molar-refractivity contribution < 1.29 is 0 Å². The fourth-order valence-corrected chi connectivity index (χ4v) is 0.636. The lowest BCUT2D eigenvalue weighted by Crippen LogP contribution is -2.23. The van der Waals surface area contributed by atoms with E-state index in [1.807, 2.05) is 21.0 Å². The highest BCUT2D eigenvalue weighted by Crippen LogP contribution is 1.91. The van der Waals surface area contributed by atoms with Crippen molar-refractivity contribution in [3.8, 4) is 0 Å². The lowest BCUT2D eigenvalue weighted by molar-refractivity contribution is 0.632. The third-order valence-electron chi connectivity index (χ3n) is 1.48. The van der Waals surface area contributed by atoms with Crippen molar-refractivity contribution in [1.29, 1.82) is 0 Å². The number of nitrogens with zero attached hydrogens (tertiary/aromatic N) is 1. The molecule has 0 amide bonds. The summed E-state index contributed by atoms with van der Waals surface area (Å²) in [6.45, 7) is 4.20. The summed E-state index contributed by atoms with van der Waals surface area (Å²) in [7, 11) is 3.80. The first-order valence-corrected chi connectivity index (χ1v) is 3.30. The van der Waals surface area contributed by atoms with E-state index in [0.717, 1.165) is 6.42 Å². The number of aliphatic imine (C=N–C) groups is 1. The van der Waals surface area contributed by atoms with Gasteiger partial charge in [-0.15, -0.1) is 0 Å². The summed E-state index contributed by atoms with van der Waals surface area (Å²) >= 11 is 0. The van der Waals surface area contributed by atoms with Gasteiger partial charge in [-0.25, -0.2) is 0 Å². The van der Waals surface area contributed by atoms with Crippen LogP contribution in [0.2, 0.25) is 0 Å². The standard InChI is InChI=1S/C7H16N2/c1-6(8-3)5-7(2)9-4/h6,8H,5H2,1-4H3. The van der Waals surface area contributed by atoms with Gasteiger partial charge in [0.1, 0.15) is 0 Å². The molecule has 0 radical (unpaired) electrons. The van der Waals surface area contributed by atoms with Gasteiger partial charge in [-0.1, -0.05) is 0 Å². The molecule has 54 valence electrons. The highest BCUT2D eigenvalue weighted by Gasteiger charge is 1.97. The van der Waals surface area contributed by atoms with Crippen molar-refractivity contribution in [2.75, 3.05) is 14.1 Å². The topological polar surface area (TPSA) is 24.4 Å². The minimum atomic E-state index is 0.550. The van der Waals surface area contributed by atoms with Crippen molar-refractivity contribution in [2.45, 2.75) is 26.3 Å². The van der Waals surface area contributed by atoms with Crippen LogP contribution in [0.5, 0.6) is 0 Å². The molecule has 9 heavy (non-hydrogen) atoms. The molecule has 0 bridgehead atoms. The van der Waals surface area contributed by atoms with E-state index < -0.39 is 0 Å². The number of rotatable bonds is 3. The molecule has 0 aromatic carbocycles. The SMILES string of the molecule is CN=C(C)CC(C)NC. The van der Waals surface area contributed by atoms with Gasteiger partial charge in [0.05, 0.1) is 0 Å². The lowest BCUT2D eigenvalue weighted by atomic mass is 10.2. The summed E-state index contributed by atoms with van der Waals surface area (Å²) in [5.74, 6) is 0. The molecule has 0 aliphatic heterocycles. The first-order valence-electron chi connectivity index (χ1n) is 3.30. The van der Waals surface area contributed by atoms with Crippen LogP contribution in [0, 0.1) is 0 Å². The summed E-state index contributed by atoms with van der Waals surface area (Å²) in [4.78, 5) is 4.05. The second kappa shape index (κ2) is 4.50. The van der Waals surface area contributed by atoms with Crippen LogP contribution in [-0.4, -0.2) is 25.8 Å². The predicted molar refractivity (Wildman–Crippen MR) is 42.2 cm³/mol. The molecule has 2 nitrogen and oxygen atoms in total. The zero-order valence-corrected chi connectivity index (χ0v) is 6.73. The van der Waals surface area contributed by atoms with E-state index >= 15 is 0 Å². The van der Waals surface area contributed by atoms with Crippen molar-refractivity contribution in [1.82, 2.24) is 5.32 Å². The molecule has 2 heteroatoms. The van der Waals surface area contributed by atoms with E-state index in [4.69, 9.17) is 0 Å². The maximum Gasteiger partial charge on any atom is 0.0276 e. The van der Waals surface area contributed by atoms with E-state index in [0.29, 0.717) is 6.04 Å². The zero-order chi connectivity index (χ0) is 7.28. The van der Waals surface area contributed by atoms with Crippen LogP contribution in [0.3, 0.4) is 0 Å². The first-order chi connectivity index (χ1) is 4.20. The molecule has 0 aliphatic carbocycles. The van der Waals surface area contributed by atoms with Gasteiger partial charge >= 0.3 is 0 Å². The van der Waals surface area contributed by atoms with Gasteiger partial charge in [-0.2, -0.15) is 0 Å². The quantitative estimate of drug-likeness (QED) is 0.565. The van der Waals surface area contributed by atoms with E-state index in [1.54, 1.807) is 0 Å². The van der Waals surface area contributed by atoms with Crippen LogP contribution >= 0.6 is 0 Å². The second-order valence-corrected chi connectivity index (χ2v) is 2.35. The average molecular weight is 128 g/mol. The van der Waals surface area contributed by atoms with Crippen LogP contribution in [-0.2, 0) is 0 Å². The molecular formula is C7H16N2. The maximum atomic E-state index is 4.05. The summed E-state index contributed by atoms with van der Waals surface area (Å²) in [5, 5.41) is 3.15. The maximum absolute atomic E-state index is 4.05. The molecule has 0 heterocycles. The van der Waals surface area contributed by atoms with Gasteiger partial charge in [-0.05, 0) is 20.9 Å². The predicted octanol–water partition coefficient (Wildman–Crippen LogP) is 1.08. The minimum absolute atomic E-state index is 0.550. The van der Waals surface area contributed by atoms with Gasteiger partial charge in [0.15, 0.2) is 0 Å². The Kier molecular flexibility index (Phi) is 4.32. The molecule has 0 saturated heterocycles. The summed E-state index contributed by atoms with van der Waals surface area (Å²) in [6.07, 6.45) is 1.05. The van der Waals surface area contributed by atoms with Crippen LogP contribution in [0.15, 0.2) is 4.99 Å². The molecule has 0 aliphatic rings. The Morgan fingerprint density at radius 1 is 1.67 bits per heavy atom. The Morgan fingerprint density at radius 3 is 2.56 bits per heavy atom. The fraction of sp³-hybridized carbons (Fsp3) is 0.857. The smallest absolute Gasteiger partial charge is 0.0276 e. The Bertz CT molecular complexity index is 97.1. The Labute approximate surface area is 57.4 Å². The highest BCUT2D eigenvalue weighted by atomic mass is 14.9. The Morgan fingerprint density at radius 2 is 2.22 bits per heavy atom. The molecular weight excluding hydrogens is 112 g/mol. The monoisotopic (exact) mass is 128 g/mol. The van der Waals surface area contributed by atoms with Crippen molar-refractivity contribution in [3.63, 3.8) is 0 Å². The van der Waals surface area contributed by atoms with Crippen LogP contribution in [0.4, 0.5) is 0 Å². The molecule has 0 aromatic heterocycles. The average Bonchev–Trinajstić information content (AvgIpc) is 1.87. The van der Waals surface area contributed by atoms with E-state index in [9.17, 15) is 0 Å². The number of hydrogen-bond donors (Lipinski definition) is 1. The fourth-order valence-electron chi connectivity index (χ4n) is 0.636. The number of nitrogens with one attached hydrogen (secondary N) is 1. The van der Waals surface area contributed by atoms with E-state index in [1.165, 1.54) is 5.71 Å². The first kappa shape index (κ1) is 8.63. The molecule has 0 aromatic rings. The molecule has 0 fully saturated rings. The Balaban J connectivity index is 3.47. The molecule has 1 atom stereocenters. The normalized spacial score (nSPS) is 15.8. The van der Waals surface area contributed by atoms with Crippen molar-refractivity contribution in [3.05, 3.63) is 0 Å². The van der Waals surface area contributed by atoms with Gasteiger partial charge in [-0.3, -0.25) is 4.99 Å². The van der Waals surface area contributed by atoms with Crippen LogP contribution in [0.25, 0.3) is 0 Å². The van der Waals surface area contributed by atoms with Crippen molar-refractivity contribution >= 4 is 5.71 Å². The third-order valence-corrected chi connectivity index (χ3v) is 1.48. The summed E-state index contributed by atoms with van der Waals surface area (Å²) in [5.41, 5.74) is 1.21. The highest BCUT2D eigenvalue weighted by molar-refractivity contribution is 5.82. The number of hydrogen-bond acceptors (Lipinski definition) is 2. The van der Waals surface area contributed by atoms with Gasteiger partial charge in [0.2, 0.25) is 0 Å². The van der Waals surface area contributed by atoms with Crippen molar-refractivity contribution in [2.24, 2.45) is 4.99 Å². The molecule has 0 rings (SSSR count). The molecule has 1 unspecified atom stereocenters. The van der Waals surface area contributed by atoms with Crippen LogP contribution in [0.1, 0.15) is 20.3 Å². The summed E-state index contributed by atoms with van der Waals surface area (Å²) in [6, 6.07) is 0.550. The molecule has 1 N–H and O–H groups in total. The van der Waals surface area contributed by atoms with E-state index in [2.05, 4.69) is 17.2 Å². The largest absolute Gasteiger partial charge is 0.317 e. The van der Waals surface area contributed by atoms with E-state index in [-0.39, 0.29) is 0 Å². The van der Waals surface area contributed by atoms with Crippen LogP contribution < -0.4 is 5.32 Å².